The Morgan fingerprint density at radius 3 is 2.73 bits per heavy atom. The zero-order valence-corrected chi connectivity index (χ0v) is 14.3. The fourth-order valence-corrected chi connectivity index (χ4v) is 2.46. The maximum absolute atomic E-state index is 11.9. The van der Waals surface area contributed by atoms with Crippen molar-refractivity contribution >= 4 is 5.97 Å². The molecule has 1 heterocycles. The van der Waals surface area contributed by atoms with Crippen molar-refractivity contribution in [2.24, 2.45) is 0 Å². The molecule has 0 amide bonds. The largest absolute Gasteiger partial charge is 0.504 e. The summed E-state index contributed by atoms with van der Waals surface area (Å²) in [5.74, 6) is 1.06. The summed E-state index contributed by atoms with van der Waals surface area (Å²) in [6.45, 7) is -0.0144. The van der Waals surface area contributed by atoms with E-state index in [1.807, 2.05) is 30.3 Å². The number of phenols is 1. The highest BCUT2D eigenvalue weighted by Gasteiger charge is 2.10. The summed E-state index contributed by atoms with van der Waals surface area (Å²) in [7, 11) is 1.48. The number of carbonyl (C=O) groups is 1. The van der Waals surface area contributed by atoms with Crippen LogP contribution < -0.4 is 4.74 Å². The molecule has 0 aliphatic heterocycles. The van der Waals surface area contributed by atoms with Crippen LogP contribution >= 0.6 is 0 Å². The van der Waals surface area contributed by atoms with Crippen LogP contribution in [-0.2, 0) is 22.6 Å². The van der Waals surface area contributed by atoms with Gasteiger partial charge in [-0.2, -0.15) is 0 Å². The number of esters is 1. The van der Waals surface area contributed by atoms with Gasteiger partial charge in [0.25, 0.3) is 0 Å². The van der Waals surface area contributed by atoms with E-state index in [0.29, 0.717) is 23.8 Å². The van der Waals surface area contributed by atoms with Crippen molar-refractivity contribution in [2.45, 2.75) is 19.4 Å². The third-order valence-corrected chi connectivity index (χ3v) is 3.83. The van der Waals surface area contributed by atoms with Gasteiger partial charge in [-0.1, -0.05) is 36.4 Å². The van der Waals surface area contributed by atoms with Crippen molar-refractivity contribution in [1.29, 1.82) is 0 Å². The fraction of sp³-hybridized carbons (Fsp3) is 0.200. The van der Waals surface area contributed by atoms with Crippen molar-refractivity contribution in [3.8, 4) is 22.8 Å². The summed E-state index contributed by atoms with van der Waals surface area (Å²) in [6, 6.07) is 14.6. The Balaban J connectivity index is 1.49. The van der Waals surface area contributed by atoms with E-state index in [0.717, 1.165) is 11.1 Å². The molecule has 0 saturated carbocycles. The topological polar surface area (TPSA) is 81.8 Å². The molecule has 1 aromatic heterocycles. The first-order valence-electron chi connectivity index (χ1n) is 8.17. The zero-order valence-electron chi connectivity index (χ0n) is 14.3. The lowest BCUT2D eigenvalue weighted by molar-refractivity contribution is -0.145. The number of aryl methyl sites for hydroxylation is 1. The number of aromatic nitrogens is 1. The van der Waals surface area contributed by atoms with Gasteiger partial charge in [-0.05, 0) is 24.1 Å². The Hall–Kier alpha value is -3.28. The number of aromatic hydroxyl groups is 1. The third-order valence-electron chi connectivity index (χ3n) is 3.83. The molecule has 1 N–H and O–H groups in total. The molecule has 0 spiro atoms. The van der Waals surface area contributed by atoms with Gasteiger partial charge in [-0.3, -0.25) is 4.79 Å². The van der Waals surface area contributed by atoms with E-state index in [2.05, 4.69) is 4.98 Å². The quantitative estimate of drug-likeness (QED) is 0.652. The van der Waals surface area contributed by atoms with Crippen LogP contribution in [0.2, 0.25) is 0 Å². The van der Waals surface area contributed by atoms with Crippen LogP contribution in [0.4, 0.5) is 0 Å². The minimum Gasteiger partial charge on any atom is -0.504 e. The summed E-state index contributed by atoms with van der Waals surface area (Å²) < 4.78 is 15.8. The second-order valence-electron chi connectivity index (χ2n) is 5.65. The van der Waals surface area contributed by atoms with Gasteiger partial charge in [0, 0.05) is 12.0 Å². The van der Waals surface area contributed by atoms with E-state index in [9.17, 15) is 9.90 Å². The average molecular weight is 353 g/mol. The number of ether oxygens (including phenoxy) is 2. The van der Waals surface area contributed by atoms with Crippen molar-refractivity contribution in [2.75, 3.05) is 7.11 Å². The lowest BCUT2D eigenvalue weighted by atomic mass is 10.1. The highest BCUT2D eigenvalue weighted by Crippen LogP contribution is 2.26. The van der Waals surface area contributed by atoms with E-state index in [-0.39, 0.29) is 24.7 Å². The molecule has 0 radical (unpaired) electrons. The average Bonchev–Trinajstić information content (AvgIpc) is 3.14. The fourth-order valence-electron chi connectivity index (χ4n) is 2.46. The Bertz CT molecular complexity index is 873. The summed E-state index contributed by atoms with van der Waals surface area (Å²) >= 11 is 0. The van der Waals surface area contributed by atoms with Crippen LogP contribution in [0.15, 0.2) is 59.1 Å². The second-order valence-corrected chi connectivity index (χ2v) is 5.65. The van der Waals surface area contributed by atoms with Crippen molar-refractivity contribution in [3.05, 3.63) is 66.2 Å². The second kappa shape index (κ2) is 8.20. The molecule has 6 nitrogen and oxygen atoms in total. The molecule has 0 bridgehead atoms. The predicted octanol–water partition coefficient (Wildman–Crippen LogP) is 3.73. The van der Waals surface area contributed by atoms with Gasteiger partial charge < -0.3 is 19.0 Å². The Morgan fingerprint density at radius 1 is 1.19 bits per heavy atom. The molecule has 0 fully saturated rings. The van der Waals surface area contributed by atoms with Gasteiger partial charge in [0.05, 0.1) is 13.3 Å². The first-order chi connectivity index (χ1) is 12.7. The highest BCUT2D eigenvalue weighted by atomic mass is 16.5. The number of nitrogens with zero attached hydrogens (tertiary/aromatic N) is 1. The number of oxazole rings is 1. The minimum atomic E-state index is -0.361. The summed E-state index contributed by atoms with van der Waals surface area (Å²) in [6.07, 6.45) is 2.26. The van der Waals surface area contributed by atoms with Gasteiger partial charge >= 0.3 is 5.97 Å². The molecule has 26 heavy (non-hydrogen) atoms. The summed E-state index contributed by atoms with van der Waals surface area (Å²) in [5, 5.41) is 9.74. The first kappa shape index (κ1) is 17.5. The van der Waals surface area contributed by atoms with Crippen molar-refractivity contribution < 1.29 is 23.8 Å². The standard InChI is InChI=1S/C20H19NO5/c1-24-17-9-7-14(11-16(17)22)8-10-20(23)25-13-19-21-12-18(26-19)15-5-3-2-4-6-15/h2-7,9,11-12,22H,8,10,13H2,1H3. The Kier molecular flexibility index (Phi) is 5.53. The number of rotatable bonds is 7. The molecule has 2 aromatic carbocycles. The monoisotopic (exact) mass is 353 g/mol. The van der Waals surface area contributed by atoms with Gasteiger partial charge in [-0.25, -0.2) is 4.98 Å². The van der Waals surface area contributed by atoms with Crippen LogP contribution in [0, 0.1) is 0 Å². The van der Waals surface area contributed by atoms with Crippen LogP contribution in [0.5, 0.6) is 11.5 Å². The number of benzene rings is 2. The van der Waals surface area contributed by atoms with Gasteiger partial charge in [0.1, 0.15) is 0 Å². The zero-order chi connectivity index (χ0) is 18.4. The van der Waals surface area contributed by atoms with Crippen LogP contribution in [0.3, 0.4) is 0 Å². The van der Waals surface area contributed by atoms with E-state index < -0.39 is 0 Å². The van der Waals surface area contributed by atoms with Crippen LogP contribution in [-0.4, -0.2) is 23.2 Å². The number of carbonyl (C=O) groups excluding carboxylic acids is 1. The van der Waals surface area contributed by atoms with Gasteiger partial charge in [0.15, 0.2) is 23.9 Å². The highest BCUT2D eigenvalue weighted by molar-refractivity contribution is 5.69. The van der Waals surface area contributed by atoms with Crippen molar-refractivity contribution in [3.63, 3.8) is 0 Å². The lowest BCUT2D eigenvalue weighted by Crippen LogP contribution is -2.06. The molecule has 0 unspecified atom stereocenters. The third kappa shape index (κ3) is 4.42. The predicted molar refractivity (Wildman–Crippen MR) is 94.7 cm³/mol. The number of hydrogen-bond acceptors (Lipinski definition) is 6. The van der Waals surface area contributed by atoms with Gasteiger partial charge in [-0.15, -0.1) is 0 Å². The molecular weight excluding hydrogens is 334 g/mol. The molecule has 3 aromatic rings. The molecule has 0 aliphatic carbocycles. The van der Waals surface area contributed by atoms with Crippen LogP contribution in [0.1, 0.15) is 17.9 Å². The normalized spacial score (nSPS) is 10.5. The minimum absolute atomic E-state index is 0.0144. The molecule has 0 aliphatic rings. The Morgan fingerprint density at radius 2 is 2.00 bits per heavy atom. The smallest absolute Gasteiger partial charge is 0.306 e. The van der Waals surface area contributed by atoms with Crippen LogP contribution in [0.25, 0.3) is 11.3 Å². The van der Waals surface area contributed by atoms with E-state index >= 15 is 0 Å². The number of methoxy groups -OCH3 is 1. The molecular formula is C20H19NO5. The molecule has 0 atom stereocenters. The number of hydrogen-bond donors (Lipinski definition) is 1. The van der Waals surface area contributed by atoms with Gasteiger partial charge in [0.2, 0.25) is 5.89 Å². The first-order valence-corrected chi connectivity index (χ1v) is 8.17. The molecule has 6 heteroatoms. The maximum Gasteiger partial charge on any atom is 0.306 e. The molecule has 134 valence electrons. The summed E-state index contributed by atoms with van der Waals surface area (Å²) in [5.41, 5.74) is 1.74. The van der Waals surface area contributed by atoms with E-state index in [1.54, 1.807) is 24.4 Å². The van der Waals surface area contributed by atoms with Crippen molar-refractivity contribution in [1.82, 2.24) is 4.98 Å². The maximum atomic E-state index is 11.9. The van der Waals surface area contributed by atoms with E-state index in [1.165, 1.54) is 7.11 Å². The molecule has 3 rings (SSSR count). The molecule has 0 saturated heterocycles. The lowest BCUT2D eigenvalue weighted by Gasteiger charge is -2.06. The number of phenolic OH excluding ortho intramolecular Hbond substituents is 1. The SMILES string of the molecule is COc1ccc(CCC(=O)OCc2ncc(-c3ccccc3)o2)cc1O. The van der Waals surface area contributed by atoms with E-state index in [4.69, 9.17) is 13.9 Å². The Labute approximate surface area is 151 Å². The summed E-state index contributed by atoms with van der Waals surface area (Å²) in [4.78, 5) is 16.0.